The number of rotatable bonds is 7. The summed E-state index contributed by atoms with van der Waals surface area (Å²) in [5.41, 5.74) is 3.12. The standard InChI is InChI=1S/C29H29ClN2O4/c30-23-13-11-20(12-14-23)19-36-29(35)32-24-15-16-26(32)27(28(33)34)31(17-24)18-25(21-7-3-1-4-8-21)22-9-5-2-6-10-22/h1-14,24-27H,15-19H2,(H,33,34)/t24-,26+,27-/m0/s1. The van der Waals surface area contributed by atoms with E-state index >= 15 is 0 Å². The number of hydrogen-bond acceptors (Lipinski definition) is 4. The number of carboxylic acid groups (broad SMARTS) is 1. The molecule has 0 radical (unpaired) electrons. The Morgan fingerprint density at radius 1 is 0.917 bits per heavy atom. The predicted molar refractivity (Wildman–Crippen MR) is 138 cm³/mol. The van der Waals surface area contributed by atoms with Crippen LogP contribution in [0.25, 0.3) is 0 Å². The monoisotopic (exact) mass is 504 g/mol. The van der Waals surface area contributed by atoms with Gasteiger partial charge in [0, 0.05) is 30.1 Å². The highest BCUT2D eigenvalue weighted by Gasteiger charge is 2.52. The summed E-state index contributed by atoms with van der Waals surface area (Å²) in [7, 11) is 0. The third-order valence-electron chi connectivity index (χ3n) is 7.31. The third kappa shape index (κ3) is 5.11. The highest BCUT2D eigenvalue weighted by molar-refractivity contribution is 6.30. The first-order valence-corrected chi connectivity index (χ1v) is 12.7. The van der Waals surface area contributed by atoms with Gasteiger partial charge in [0.2, 0.25) is 0 Å². The maximum Gasteiger partial charge on any atom is 0.410 e. The number of halogens is 1. The van der Waals surface area contributed by atoms with Crippen LogP contribution in [0.2, 0.25) is 5.02 Å². The number of carbonyl (C=O) groups is 2. The van der Waals surface area contributed by atoms with Crippen LogP contribution < -0.4 is 0 Å². The summed E-state index contributed by atoms with van der Waals surface area (Å²) < 4.78 is 5.60. The Morgan fingerprint density at radius 3 is 2.11 bits per heavy atom. The molecule has 2 fully saturated rings. The Bertz CT molecular complexity index is 1150. The number of amides is 1. The van der Waals surface area contributed by atoms with Crippen LogP contribution in [0, 0.1) is 0 Å². The molecule has 36 heavy (non-hydrogen) atoms. The molecule has 0 aromatic heterocycles. The van der Waals surface area contributed by atoms with Gasteiger partial charge in [0.25, 0.3) is 0 Å². The molecule has 186 valence electrons. The van der Waals surface area contributed by atoms with Crippen LogP contribution in [-0.2, 0) is 16.1 Å². The lowest BCUT2D eigenvalue weighted by atomic mass is 9.89. The summed E-state index contributed by atoms with van der Waals surface area (Å²) in [6.07, 6.45) is 0.962. The molecule has 2 aliphatic rings. The Morgan fingerprint density at radius 2 is 1.53 bits per heavy atom. The van der Waals surface area contributed by atoms with Gasteiger partial charge >= 0.3 is 12.1 Å². The molecular weight excluding hydrogens is 476 g/mol. The molecule has 2 bridgehead atoms. The van der Waals surface area contributed by atoms with Gasteiger partial charge in [0.15, 0.2) is 0 Å². The molecule has 0 spiro atoms. The maximum absolute atomic E-state index is 13.1. The Balaban J connectivity index is 1.35. The van der Waals surface area contributed by atoms with Crippen LogP contribution in [0.3, 0.4) is 0 Å². The smallest absolute Gasteiger partial charge is 0.410 e. The van der Waals surface area contributed by atoms with E-state index in [1.165, 1.54) is 0 Å². The van der Waals surface area contributed by atoms with Crippen molar-refractivity contribution in [2.45, 2.75) is 43.5 Å². The second-order valence-electron chi connectivity index (χ2n) is 9.50. The Hall–Kier alpha value is -3.35. The number of nitrogens with zero attached hydrogens (tertiary/aromatic N) is 2. The lowest BCUT2D eigenvalue weighted by Crippen LogP contribution is -2.64. The molecule has 3 atom stereocenters. The van der Waals surface area contributed by atoms with Crippen LogP contribution in [0.4, 0.5) is 4.79 Å². The van der Waals surface area contributed by atoms with E-state index in [2.05, 4.69) is 29.2 Å². The summed E-state index contributed by atoms with van der Waals surface area (Å²) in [4.78, 5) is 29.4. The van der Waals surface area contributed by atoms with E-state index in [9.17, 15) is 14.7 Å². The molecule has 2 aliphatic heterocycles. The van der Waals surface area contributed by atoms with E-state index in [4.69, 9.17) is 16.3 Å². The van der Waals surface area contributed by atoms with E-state index in [1.807, 2.05) is 48.5 Å². The zero-order valence-electron chi connectivity index (χ0n) is 19.9. The minimum absolute atomic E-state index is 0.0251. The molecule has 2 heterocycles. The molecule has 2 saturated heterocycles. The molecule has 1 amide bonds. The van der Waals surface area contributed by atoms with E-state index < -0.39 is 24.1 Å². The SMILES string of the molecule is O=C(O)[C@@H]1[C@H]2CC[C@@H](CN1CC(c1ccccc1)c1ccccc1)N2C(=O)OCc1ccc(Cl)cc1. The molecule has 0 unspecified atom stereocenters. The molecular formula is C29H29ClN2O4. The van der Waals surface area contributed by atoms with Gasteiger partial charge in [-0.15, -0.1) is 0 Å². The number of benzene rings is 3. The first kappa shape index (κ1) is 24.3. The minimum atomic E-state index is -0.907. The van der Waals surface area contributed by atoms with Gasteiger partial charge in [-0.05, 0) is 41.7 Å². The fraction of sp³-hybridized carbons (Fsp3) is 0.310. The number of carboxylic acids is 1. The largest absolute Gasteiger partial charge is 0.480 e. The Kier molecular flexibility index (Phi) is 7.25. The summed E-state index contributed by atoms with van der Waals surface area (Å²) in [6.45, 7) is 1.18. The first-order chi connectivity index (χ1) is 17.5. The molecule has 0 saturated carbocycles. The molecule has 3 aromatic carbocycles. The second kappa shape index (κ2) is 10.7. The normalized spacial score (nSPS) is 21.5. The second-order valence-corrected chi connectivity index (χ2v) is 9.93. The summed E-state index contributed by atoms with van der Waals surface area (Å²) in [6, 6.07) is 26.2. The maximum atomic E-state index is 13.1. The van der Waals surface area contributed by atoms with Crippen LogP contribution >= 0.6 is 11.6 Å². The zero-order chi connectivity index (χ0) is 25.1. The van der Waals surface area contributed by atoms with E-state index in [1.54, 1.807) is 17.0 Å². The van der Waals surface area contributed by atoms with Crippen molar-refractivity contribution in [1.82, 2.24) is 9.80 Å². The summed E-state index contributed by atoms with van der Waals surface area (Å²) in [5, 5.41) is 10.9. The summed E-state index contributed by atoms with van der Waals surface area (Å²) >= 11 is 5.94. The van der Waals surface area contributed by atoms with E-state index in [0.29, 0.717) is 24.5 Å². The number of fused-ring (bicyclic) bond motifs is 2. The predicted octanol–water partition coefficient (Wildman–Crippen LogP) is 5.41. The highest BCUT2D eigenvalue weighted by atomic mass is 35.5. The van der Waals surface area contributed by atoms with Crippen molar-refractivity contribution in [2.24, 2.45) is 0 Å². The molecule has 0 aliphatic carbocycles. The number of piperazine rings is 1. The molecule has 7 heteroatoms. The third-order valence-corrected chi connectivity index (χ3v) is 7.56. The molecule has 6 nitrogen and oxygen atoms in total. The van der Waals surface area contributed by atoms with Crippen molar-refractivity contribution in [3.05, 3.63) is 107 Å². The average molecular weight is 505 g/mol. The van der Waals surface area contributed by atoms with E-state index in [0.717, 1.165) is 23.1 Å². The summed E-state index contributed by atoms with van der Waals surface area (Å²) in [5.74, 6) is -0.882. The van der Waals surface area contributed by atoms with Crippen LogP contribution in [0.5, 0.6) is 0 Å². The van der Waals surface area contributed by atoms with Gasteiger partial charge in [0.05, 0.1) is 6.04 Å². The van der Waals surface area contributed by atoms with Gasteiger partial charge in [-0.2, -0.15) is 0 Å². The Labute approximate surface area is 216 Å². The van der Waals surface area contributed by atoms with E-state index in [-0.39, 0.29) is 18.6 Å². The number of aliphatic carboxylic acids is 1. The lowest BCUT2D eigenvalue weighted by molar-refractivity contribution is -0.148. The average Bonchev–Trinajstić information content (AvgIpc) is 3.21. The number of carbonyl (C=O) groups excluding carboxylic acids is 1. The molecule has 3 aromatic rings. The van der Waals surface area contributed by atoms with Crippen molar-refractivity contribution < 1.29 is 19.4 Å². The van der Waals surface area contributed by atoms with Crippen molar-refractivity contribution >= 4 is 23.7 Å². The molecule has 5 rings (SSSR count). The first-order valence-electron chi connectivity index (χ1n) is 12.3. The van der Waals surface area contributed by atoms with Gasteiger partial charge < -0.3 is 9.84 Å². The van der Waals surface area contributed by atoms with Crippen LogP contribution in [0.1, 0.15) is 35.4 Å². The van der Waals surface area contributed by atoms with Crippen molar-refractivity contribution in [1.29, 1.82) is 0 Å². The van der Waals surface area contributed by atoms with Crippen LogP contribution in [0.15, 0.2) is 84.9 Å². The number of likely N-dealkylation sites (tertiary alicyclic amines) is 1. The topological polar surface area (TPSA) is 70.1 Å². The quantitative estimate of drug-likeness (QED) is 0.466. The fourth-order valence-electron chi connectivity index (χ4n) is 5.63. The van der Waals surface area contributed by atoms with Gasteiger partial charge in [0.1, 0.15) is 12.6 Å². The highest BCUT2D eigenvalue weighted by Crippen LogP contribution is 2.37. The minimum Gasteiger partial charge on any atom is -0.480 e. The van der Waals surface area contributed by atoms with Crippen molar-refractivity contribution in [2.75, 3.05) is 13.1 Å². The fourth-order valence-corrected chi connectivity index (χ4v) is 5.76. The zero-order valence-corrected chi connectivity index (χ0v) is 20.6. The lowest BCUT2D eigenvalue weighted by Gasteiger charge is -2.45. The van der Waals surface area contributed by atoms with Crippen LogP contribution in [-0.4, -0.2) is 58.2 Å². The van der Waals surface area contributed by atoms with Gasteiger partial charge in [-0.1, -0.05) is 84.4 Å². The van der Waals surface area contributed by atoms with Crippen molar-refractivity contribution in [3.8, 4) is 0 Å². The molecule has 1 N–H and O–H groups in total. The van der Waals surface area contributed by atoms with Crippen molar-refractivity contribution in [3.63, 3.8) is 0 Å². The van der Waals surface area contributed by atoms with Gasteiger partial charge in [-0.25, -0.2) is 4.79 Å². The number of ether oxygens (including phenoxy) is 1. The van der Waals surface area contributed by atoms with Gasteiger partial charge in [-0.3, -0.25) is 14.6 Å². The number of hydrogen-bond donors (Lipinski definition) is 1.